The van der Waals surface area contributed by atoms with Crippen LogP contribution >= 0.6 is 23.2 Å². The summed E-state index contributed by atoms with van der Waals surface area (Å²) in [5.74, 6) is 0.636. The van der Waals surface area contributed by atoms with Gasteiger partial charge in [0, 0.05) is 6.07 Å². The molecule has 0 radical (unpaired) electrons. The van der Waals surface area contributed by atoms with Gasteiger partial charge in [0.25, 0.3) is 0 Å². The molecule has 2 aromatic carbocycles. The maximum atomic E-state index is 11.4. The van der Waals surface area contributed by atoms with Gasteiger partial charge in [0.1, 0.15) is 11.5 Å². The summed E-state index contributed by atoms with van der Waals surface area (Å²) in [5.41, 5.74) is 0.417. The summed E-state index contributed by atoms with van der Waals surface area (Å²) >= 11 is 11.7. The first-order valence-electron chi connectivity index (χ1n) is 5.41. The lowest BCUT2D eigenvalue weighted by atomic mass is 10.2. The molecule has 2 rings (SSSR count). The minimum absolute atomic E-state index is 0.406. The van der Waals surface area contributed by atoms with E-state index in [0.29, 0.717) is 27.1 Å². The molecule has 0 fully saturated rings. The number of hydrogen-bond acceptors (Lipinski definition) is 3. The number of carbonyl (C=O) groups is 1. The Balaban J connectivity index is 2.23. The Bertz CT molecular complexity index is 611. The van der Waals surface area contributed by atoms with E-state index in [1.165, 1.54) is 7.11 Å². The van der Waals surface area contributed by atoms with Gasteiger partial charge in [0.15, 0.2) is 0 Å². The zero-order valence-electron chi connectivity index (χ0n) is 10.0. The fourth-order valence-electron chi connectivity index (χ4n) is 1.48. The first-order valence-corrected chi connectivity index (χ1v) is 6.17. The zero-order valence-corrected chi connectivity index (χ0v) is 11.5. The van der Waals surface area contributed by atoms with Crippen molar-refractivity contribution < 1.29 is 14.3 Å². The summed E-state index contributed by atoms with van der Waals surface area (Å²) in [6.07, 6.45) is 0. The van der Waals surface area contributed by atoms with Gasteiger partial charge in [0.05, 0.1) is 22.7 Å². The third-order valence-corrected chi connectivity index (χ3v) is 3.12. The molecule has 2 aromatic rings. The molecule has 0 heterocycles. The van der Waals surface area contributed by atoms with Gasteiger partial charge < -0.3 is 9.47 Å². The van der Waals surface area contributed by atoms with E-state index in [9.17, 15) is 4.79 Å². The van der Waals surface area contributed by atoms with Crippen LogP contribution < -0.4 is 4.74 Å². The second kappa shape index (κ2) is 5.95. The molecule has 0 amide bonds. The first kappa shape index (κ1) is 13.7. The van der Waals surface area contributed by atoms with Crippen LogP contribution in [0.3, 0.4) is 0 Å². The molecule has 98 valence electrons. The number of carbonyl (C=O) groups excluding carboxylic acids is 1. The third kappa shape index (κ3) is 3.40. The highest BCUT2D eigenvalue weighted by Gasteiger charge is 2.07. The van der Waals surface area contributed by atoms with Crippen LogP contribution in [0, 0.1) is 0 Å². The third-order valence-electron chi connectivity index (χ3n) is 2.38. The van der Waals surface area contributed by atoms with Crippen LogP contribution in [0.25, 0.3) is 0 Å². The molecule has 0 saturated heterocycles. The second-order valence-electron chi connectivity index (χ2n) is 3.70. The van der Waals surface area contributed by atoms with E-state index in [4.69, 9.17) is 27.9 Å². The predicted molar refractivity (Wildman–Crippen MR) is 74.3 cm³/mol. The quantitative estimate of drug-likeness (QED) is 0.778. The van der Waals surface area contributed by atoms with E-state index in [1.807, 2.05) is 0 Å². The maximum Gasteiger partial charge on any atom is 0.337 e. The summed E-state index contributed by atoms with van der Waals surface area (Å²) in [7, 11) is 1.33. The molecular weight excluding hydrogens is 287 g/mol. The van der Waals surface area contributed by atoms with Crippen molar-refractivity contribution in [3.63, 3.8) is 0 Å². The number of esters is 1. The first-order chi connectivity index (χ1) is 9.10. The average molecular weight is 297 g/mol. The molecule has 3 nitrogen and oxygen atoms in total. The van der Waals surface area contributed by atoms with Crippen LogP contribution in [0.15, 0.2) is 42.5 Å². The molecular formula is C14H10Cl2O3. The van der Waals surface area contributed by atoms with Crippen LogP contribution in [0.5, 0.6) is 11.5 Å². The fraction of sp³-hybridized carbons (Fsp3) is 0.0714. The van der Waals surface area contributed by atoms with E-state index in [-0.39, 0.29) is 0 Å². The van der Waals surface area contributed by atoms with Crippen LogP contribution in [0.4, 0.5) is 0 Å². The number of methoxy groups -OCH3 is 1. The topological polar surface area (TPSA) is 35.5 Å². The SMILES string of the molecule is COC(=O)c1cccc(Oc2ccc(Cl)c(Cl)c2)c1. The highest BCUT2D eigenvalue weighted by Crippen LogP contribution is 2.29. The lowest BCUT2D eigenvalue weighted by molar-refractivity contribution is 0.0600. The van der Waals surface area contributed by atoms with Gasteiger partial charge in [-0.1, -0.05) is 29.3 Å². The molecule has 0 atom stereocenters. The van der Waals surface area contributed by atoms with Crippen molar-refractivity contribution in [3.8, 4) is 11.5 Å². The van der Waals surface area contributed by atoms with Crippen LogP contribution in [0.1, 0.15) is 10.4 Å². The summed E-state index contributed by atoms with van der Waals surface area (Å²) in [6.45, 7) is 0. The molecule has 5 heteroatoms. The number of ether oxygens (including phenoxy) is 2. The summed E-state index contributed by atoms with van der Waals surface area (Å²) in [5, 5.41) is 0.862. The van der Waals surface area contributed by atoms with Gasteiger partial charge in [-0.3, -0.25) is 0 Å². The Kier molecular flexibility index (Phi) is 4.30. The highest BCUT2D eigenvalue weighted by atomic mass is 35.5. The molecule has 0 aromatic heterocycles. The Morgan fingerprint density at radius 3 is 2.42 bits per heavy atom. The second-order valence-corrected chi connectivity index (χ2v) is 4.51. The Morgan fingerprint density at radius 2 is 1.74 bits per heavy atom. The minimum atomic E-state index is -0.417. The van der Waals surface area contributed by atoms with Gasteiger partial charge in [-0.25, -0.2) is 4.79 Å². The molecule has 19 heavy (non-hydrogen) atoms. The van der Waals surface area contributed by atoms with Gasteiger partial charge in [-0.2, -0.15) is 0 Å². The Morgan fingerprint density at radius 1 is 1.00 bits per heavy atom. The van der Waals surface area contributed by atoms with Crippen molar-refractivity contribution in [2.45, 2.75) is 0 Å². The summed E-state index contributed by atoms with van der Waals surface area (Å²) in [4.78, 5) is 11.4. The Labute approximate surface area is 120 Å². The molecule has 0 aliphatic heterocycles. The normalized spacial score (nSPS) is 10.1. The number of halogens is 2. The van der Waals surface area contributed by atoms with E-state index in [0.717, 1.165) is 0 Å². The molecule has 0 N–H and O–H groups in total. The monoisotopic (exact) mass is 296 g/mol. The van der Waals surface area contributed by atoms with Crippen molar-refractivity contribution in [2.75, 3.05) is 7.11 Å². The van der Waals surface area contributed by atoms with Crippen molar-refractivity contribution in [1.82, 2.24) is 0 Å². The number of hydrogen-bond donors (Lipinski definition) is 0. The zero-order chi connectivity index (χ0) is 13.8. The van der Waals surface area contributed by atoms with Crippen molar-refractivity contribution in [3.05, 3.63) is 58.1 Å². The van der Waals surface area contributed by atoms with E-state index < -0.39 is 5.97 Å². The molecule has 0 aliphatic carbocycles. The highest BCUT2D eigenvalue weighted by molar-refractivity contribution is 6.42. The molecule has 0 aliphatic rings. The van der Waals surface area contributed by atoms with Gasteiger partial charge >= 0.3 is 5.97 Å². The maximum absolute atomic E-state index is 11.4. The van der Waals surface area contributed by atoms with Crippen molar-refractivity contribution in [2.24, 2.45) is 0 Å². The lowest BCUT2D eigenvalue weighted by Gasteiger charge is -2.07. The predicted octanol–water partition coefficient (Wildman–Crippen LogP) is 4.57. The largest absolute Gasteiger partial charge is 0.465 e. The van der Waals surface area contributed by atoms with Gasteiger partial charge in [-0.15, -0.1) is 0 Å². The number of benzene rings is 2. The van der Waals surface area contributed by atoms with E-state index in [2.05, 4.69) is 4.74 Å². The molecule has 0 bridgehead atoms. The van der Waals surface area contributed by atoms with Gasteiger partial charge in [-0.05, 0) is 30.3 Å². The summed E-state index contributed by atoms with van der Waals surface area (Å²) in [6, 6.07) is 11.6. The van der Waals surface area contributed by atoms with Gasteiger partial charge in [0.2, 0.25) is 0 Å². The molecule has 0 spiro atoms. The molecule has 0 saturated carbocycles. The Hall–Kier alpha value is -1.71. The fourth-order valence-corrected chi connectivity index (χ4v) is 1.77. The van der Waals surface area contributed by atoms with E-state index in [1.54, 1.807) is 42.5 Å². The molecule has 0 unspecified atom stereocenters. The van der Waals surface area contributed by atoms with Crippen LogP contribution in [0.2, 0.25) is 10.0 Å². The smallest absolute Gasteiger partial charge is 0.337 e. The minimum Gasteiger partial charge on any atom is -0.465 e. The summed E-state index contributed by atoms with van der Waals surface area (Å²) < 4.78 is 10.2. The lowest BCUT2D eigenvalue weighted by Crippen LogP contribution is -2.00. The number of rotatable bonds is 3. The van der Waals surface area contributed by atoms with E-state index >= 15 is 0 Å². The van der Waals surface area contributed by atoms with Crippen molar-refractivity contribution in [1.29, 1.82) is 0 Å². The van der Waals surface area contributed by atoms with Crippen LogP contribution in [-0.4, -0.2) is 13.1 Å². The van der Waals surface area contributed by atoms with Crippen molar-refractivity contribution >= 4 is 29.2 Å². The standard InChI is InChI=1S/C14H10Cl2O3/c1-18-14(17)9-3-2-4-10(7-9)19-11-5-6-12(15)13(16)8-11/h2-8H,1H3. The average Bonchev–Trinajstić information content (AvgIpc) is 2.42. The van der Waals surface area contributed by atoms with Crippen LogP contribution in [-0.2, 0) is 4.74 Å².